The number of rotatable bonds is 26. The van der Waals surface area contributed by atoms with Crippen LogP contribution >= 0.6 is 0 Å². The Labute approximate surface area is 208 Å². The predicted molar refractivity (Wildman–Crippen MR) is 133 cm³/mol. The molecular weight excluding hydrogens is 577 g/mol. The molecular formula is C27H51NO3Os. The van der Waals surface area contributed by atoms with E-state index >= 15 is 0 Å². The number of hydrogen-bond acceptors (Lipinski definition) is 3. The van der Waals surface area contributed by atoms with Crippen molar-refractivity contribution in [2.45, 2.75) is 154 Å². The number of aldehydes is 1. The van der Waals surface area contributed by atoms with Crippen molar-refractivity contribution in [1.82, 2.24) is 5.32 Å². The van der Waals surface area contributed by atoms with Gasteiger partial charge in [0, 0.05) is 0 Å². The first-order valence-corrected chi connectivity index (χ1v) is 14.8. The predicted octanol–water partition coefficient (Wildman–Crippen LogP) is 7.51. The van der Waals surface area contributed by atoms with Gasteiger partial charge in [0.25, 0.3) is 0 Å². The van der Waals surface area contributed by atoms with Gasteiger partial charge >= 0.3 is 144 Å². The Bertz CT molecular complexity index is 456. The quantitative estimate of drug-likeness (QED) is 0.0770. The van der Waals surface area contributed by atoms with Crippen LogP contribution in [-0.2, 0) is 27.7 Å². The molecule has 0 aliphatic carbocycles. The van der Waals surface area contributed by atoms with Crippen LogP contribution < -0.4 is 5.32 Å². The van der Waals surface area contributed by atoms with Crippen molar-refractivity contribution in [1.29, 1.82) is 0 Å². The number of unbranched alkanes of at least 4 members (excludes halogenated alkanes) is 18. The van der Waals surface area contributed by atoms with Gasteiger partial charge in [-0.1, -0.05) is 64.7 Å². The van der Waals surface area contributed by atoms with E-state index in [4.69, 9.17) is 5.11 Å². The summed E-state index contributed by atoms with van der Waals surface area (Å²) in [6, 6.07) is -0.362. The Morgan fingerprint density at radius 2 is 1.09 bits per heavy atom. The average molecular weight is 628 g/mol. The molecule has 0 unspecified atom stereocenters. The molecule has 0 aromatic carbocycles. The summed E-state index contributed by atoms with van der Waals surface area (Å²) in [5.41, 5.74) is 0. The van der Waals surface area contributed by atoms with Gasteiger partial charge in [-0.25, -0.2) is 0 Å². The average Bonchev–Trinajstić information content (AvgIpc) is 2.78. The zero-order valence-corrected chi connectivity index (χ0v) is 23.4. The molecule has 32 heavy (non-hydrogen) atoms. The molecule has 0 amide bonds. The first kappa shape index (κ1) is 31.6. The second kappa shape index (κ2) is 25.2. The molecule has 1 atom stereocenters. The minimum atomic E-state index is -0.849. The molecule has 0 fully saturated rings. The third kappa shape index (κ3) is 24.3. The van der Waals surface area contributed by atoms with E-state index in [1.54, 1.807) is 18.1 Å². The molecule has 0 aliphatic rings. The number of carboxylic acid groups (broad SMARTS) is 1. The van der Waals surface area contributed by atoms with Gasteiger partial charge in [0.15, 0.2) is 0 Å². The summed E-state index contributed by atoms with van der Waals surface area (Å²) >= 11 is 1.79. The number of carbonyl (C=O) groups excluding carboxylic acids is 1. The topological polar surface area (TPSA) is 66.4 Å². The number of nitrogens with one attached hydrogen (secondary N) is 1. The third-order valence-electron chi connectivity index (χ3n) is 6.17. The molecule has 0 saturated heterocycles. The molecule has 0 bridgehead atoms. The van der Waals surface area contributed by atoms with Crippen LogP contribution in [-0.4, -0.2) is 27.6 Å². The molecule has 190 valence electrons. The van der Waals surface area contributed by atoms with Crippen LogP contribution in [0.1, 0.15) is 148 Å². The van der Waals surface area contributed by atoms with Crippen molar-refractivity contribution in [3.8, 4) is 0 Å². The van der Waals surface area contributed by atoms with E-state index in [9.17, 15) is 9.59 Å². The van der Waals surface area contributed by atoms with Gasteiger partial charge in [-0.05, 0) is 0 Å². The SMILES string of the molecule is CCCCCCCCCCCCCCCCCCCCC[C](=[Os])N[C@H](C=O)CCC(=O)O. The number of carbonyl (C=O) groups is 2. The summed E-state index contributed by atoms with van der Waals surface area (Å²) in [5, 5.41) is 11.9. The van der Waals surface area contributed by atoms with Crippen LogP contribution in [0.3, 0.4) is 0 Å². The number of hydrogen-bond donors (Lipinski definition) is 2. The van der Waals surface area contributed by atoms with Gasteiger partial charge in [0.05, 0.1) is 0 Å². The molecule has 2 N–H and O–H groups in total. The summed E-state index contributed by atoms with van der Waals surface area (Å²) < 4.78 is 1.12. The van der Waals surface area contributed by atoms with E-state index in [-0.39, 0.29) is 12.5 Å². The van der Waals surface area contributed by atoms with Crippen LogP contribution in [0.25, 0.3) is 0 Å². The van der Waals surface area contributed by atoms with Crippen molar-refractivity contribution < 1.29 is 32.8 Å². The van der Waals surface area contributed by atoms with Gasteiger partial charge in [-0.3, -0.25) is 0 Å². The zero-order valence-electron chi connectivity index (χ0n) is 20.8. The summed E-state index contributed by atoms with van der Waals surface area (Å²) in [6.07, 6.45) is 28.5. The summed E-state index contributed by atoms with van der Waals surface area (Å²) in [4.78, 5) is 21.7. The van der Waals surface area contributed by atoms with Crippen molar-refractivity contribution in [3.63, 3.8) is 0 Å². The fourth-order valence-corrected chi connectivity index (χ4v) is 5.00. The first-order valence-electron chi connectivity index (χ1n) is 13.5. The Morgan fingerprint density at radius 3 is 1.44 bits per heavy atom. The molecule has 0 aliphatic heterocycles. The van der Waals surface area contributed by atoms with Crippen molar-refractivity contribution in [2.75, 3.05) is 0 Å². The Morgan fingerprint density at radius 1 is 0.719 bits per heavy atom. The van der Waals surface area contributed by atoms with Crippen LogP contribution in [0.15, 0.2) is 0 Å². The molecule has 4 nitrogen and oxygen atoms in total. The zero-order chi connectivity index (χ0) is 23.7. The number of aliphatic carboxylic acids is 1. The van der Waals surface area contributed by atoms with Crippen LogP contribution in [0.2, 0.25) is 0 Å². The Balaban J connectivity index is 3.28. The van der Waals surface area contributed by atoms with E-state index in [0.29, 0.717) is 6.42 Å². The van der Waals surface area contributed by atoms with E-state index < -0.39 is 5.97 Å². The first-order chi connectivity index (χ1) is 15.6. The van der Waals surface area contributed by atoms with Crippen molar-refractivity contribution in [2.24, 2.45) is 0 Å². The van der Waals surface area contributed by atoms with Crippen LogP contribution in [0.5, 0.6) is 0 Å². The second-order valence-electron chi connectivity index (χ2n) is 9.32. The summed E-state index contributed by atoms with van der Waals surface area (Å²) in [5.74, 6) is -0.849. The van der Waals surface area contributed by atoms with E-state index in [1.165, 1.54) is 116 Å². The van der Waals surface area contributed by atoms with Crippen LogP contribution in [0, 0.1) is 0 Å². The fraction of sp³-hybridized carbons (Fsp3) is 0.889. The molecule has 0 aromatic heterocycles. The van der Waals surface area contributed by atoms with Crippen molar-refractivity contribution >= 4 is 16.4 Å². The molecule has 0 heterocycles. The monoisotopic (exact) mass is 629 g/mol. The maximum absolute atomic E-state index is 11.0. The second-order valence-corrected chi connectivity index (χ2v) is 10.9. The third-order valence-corrected chi connectivity index (χ3v) is 7.17. The van der Waals surface area contributed by atoms with E-state index in [0.717, 1.165) is 23.3 Å². The Hall–Kier alpha value is -0.394. The number of carboxylic acids is 1. The molecule has 0 rings (SSSR count). The van der Waals surface area contributed by atoms with Gasteiger partial charge in [-0.15, -0.1) is 0 Å². The van der Waals surface area contributed by atoms with E-state index in [1.807, 2.05) is 0 Å². The standard InChI is InChI=1S/C27H51NO3.Os/c1-2-3-4-5-6-7-8-9-10-11-12-13-14-15-16-17-18-19-20-21-24-28-26(25-29)22-23-27(30)31;/h25-26,28H,2-23H2,1H3,(H,30,31);/t26-;/m0./s1. The van der Waals surface area contributed by atoms with Crippen LogP contribution in [0.4, 0.5) is 0 Å². The molecule has 0 spiro atoms. The summed E-state index contributed by atoms with van der Waals surface area (Å²) in [6.45, 7) is 2.28. The fourth-order valence-electron chi connectivity index (χ4n) is 4.08. The van der Waals surface area contributed by atoms with Crippen molar-refractivity contribution in [3.05, 3.63) is 0 Å². The Kier molecular flexibility index (Phi) is 24.9. The van der Waals surface area contributed by atoms with Gasteiger partial charge in [0.1, 0.15) is 0 Å². The minimum absolute atomic E-state index is 0.0338. The molecule has 0 radical (unpaired) electrons. The molecule has 0 aromatic rings. The van der Waals surface area contributed by atoms with Gasteiger partial charge in [0.2, 0.25) is 0 Å². The van der Waals surface area contributed by atoms with Gasteiger partial charge in [-0.2, -0.15) is 0 Å². The molecule has 5 heteroatoms. The van der Waals surface area contributed by atoms with E-state index in [2.05, 4.69) is 12.2 Å². The molecule has 0 saturated carbocycles. The maximum atomic E-state index is 11.0. The summed E-state index contributed by atoms with van der Waals surface area (Å²) in [7, 11) is 0. The normalized spacial score (nSPS) is 12.1. The van der Waals surface area contributed by atoms with Gasteiger partial charge < -0.3 is 0 Å².